The van der Waals surface area contributed by atoms with Crippen molar-refractivity contribution in [2.24, 2.45) is 23.5 Å². The van der Waals surface area contributed by atoms with Crippen molar-refractivity contribution in [3.05, 3.63) is 0 Å². The Labute approximate surface area is 146 Å². The molecule has 4 nitrogen and oxygen atoms in total. The van der Waals surface area contributed by atoms with Gasteiger partial charge in [0.2, 0.25) is 5.91 Å². The molecule has 3 aliphatic rings. The Bertz CT molecular complexity index is 361. The van der Waals surface area contributed by atoms with E-state index < -0.39 is 0 Å². The highest BCUT2D eigenvalue weighted by Crippen LogP contribution is 2.47. The summed E-state index contributed by atoms with van der Waals surface area (Å²) in [5.41, 5.74) is 6.25. The Balaban J connectivity index is 0.00000121. The highest BCUT2D eigenvalue weighted by molar-refractivity contribution is 5.85. The first kappa shape index (κ1) is 20.0. The van der Waals surface area contributed by atoms with Crippen molar-refractivity contribution in [3.63, 3.8) is 0 Å². The number of amides is 1. The van der Waals surface area contributed by atoms with Crippen LogP contribution in [0, 0.1) is 17.8 Å². The lowest BCUT2D eigenvalue weighted by Gasteiger charge is -2.32. The third-order valence-electron chi connectivity index (χ3n) is 5.65. The van der Waals surface area contributed by atoms with Crippen molar-refractivity contribution in [1.82, 2.24) is 10.2 Å². The molecule has 3 fully saturated rings. The maximum absolute atomic E-state index is 12.5. The van der Waals surface area contributed by atoms with Gasteiger partial charge in [-0.05, 0) is 64.0 Å². The summed E-state index contributed by atoms with van der Waals surface area (Å²) in [6.07, 6.45) is 7.59. The van der Waals surface area contributed by atoms with Crippen molar-refractivity contribution in [2.45, 2.75) is 57.5 Å². The highest BCUT2D eigenvalue weighted by atomic mass is 35.5. The lowest BCUT2D eigenvalue weighted by molar-refractivity contribution is -0.127. The molecule has 5 atom stereocenters. The SMILES string of the molecule is CC(CN1CCCCC1)NC(=O)C1C2CCC(C2)C1N.Cl.Cl. The van der Waals surface area contributed by atoms with Gasteiger partial charge in [0, 0.05) is 18.6 Å². The van der Waals surface area contributed by atoms with Gasteiger partial charge in [0.15, 0.2) is 0 Å². The summed E-state index contributed by atoms with van der Waals surface area (Å²) in [5.74, 6) is 1.46. The van der Waals surface area contributed by atoms with Gasteiger partial charge in [-0.2, -0.15) is 0 Å². The van der Waals surface area contributed by atoms with Gasteiger partial charge in [-0.1, -0.05) is 6.42 Å². The molecule has 0 radical (unpaired) electrons. The number of nitrogens with one attached hydrogen (secondary N) is 1. The number of nitrogens with zero attached hydrogens (tertiary/aromatic N) is 1. The van der Waals surface area contributed by atoms with Crippen LogP contribution in [0.25, 0.3) is 0 Å². The average Bonchev–Trinajstić information content (AvgIpc) is 3.00. The van der Waals surface area contributed by atoms with Crippen LogP contribution >= 0.6 is 24.8 Å². The standard InChI is InChI=1S/C16H29N3O.2ClH/c1-11(10-19-7-3-2-4-8-19)18-16(20)14-12-5-6-13(9-12)15(14)17;;/h11-15H,2-10,17H2,1H3,(H,18,20);2*1H. The minimum Gasteiger partial charge on any atom is -0.352 e. The smallest absolute Gasteiger partial charge is 0.225 e. The van der Waals surface area contributed by atoms with Crippen LogP contribution in [0.5, 0.6) is 0 Å². The number of rotatable bonds is 4. The minimum atomic E-state index is 0. The largest absolute Gasteiger partial charge is 0.352 e. The van der Waals surface area contributed by atoms with Gasteiger partial charge in [0.1, 0.15) is 0 Å². The molecule has 0 aromatic heterocycles. The predicted octanol–water partition coefficient (Wildman–Crippen LogP) is 2.19. The van der Waals surface area contributed by atoms with Crippen LogP contribution in [0.3, 0.4) is 0 Å². The molecular formula is C16H31Cl2N3O. The third kappa shape index (κ3) is 4.28. The normalized spacial score (nSPS) is 35.4. The summed E-state index contributed by atoms with van der Waals surface area (Å²) in [6.45, 7) is 5.49. The molecule has 2 aliphatic carbocycles. The van der Waals surface area contributed by atoms with Crippen LogP contribution in [0.4, 0.5) is 0 Å². The van der Waals surface area contributed by atoms with Gasteiger partial charge < -0.3 is 16.0 Å². The molecule has 1 amide bonds. The number of nitrogens with two attached hydrogens (primary N) is 1. The van der Waals surface area contributed by atoms with Gasteiger partial charge in [-0.3, -0.25) is 4.79 Å². The Kier molecular flexibility index (Phi) is 7.93. The van der Waals surface area contributed by atoms with E-state index in [2.05, 4.69) is 17.1 Å². The lowest BCUT2D eigenvalue weighted by atomic mass is 9.84. The van der Waals surface area contributed by atoms with E-state index in [4.69, 9.17) is 5.73 Å². The molecule has 0 aromatic carbocycles. The average molecular weight is 352 g/mol. The number of hydrogen-bond donors (Lipinski definition) is 2. The van der Waals surface area contributed by atoms with Crippen molar-refractivity contribution < 1.29 is 4.79 Å². The van der Waals surface area contributed by atoms with Crippen LogP contribution in [0.2, 0.25) is 0 Å². The molecular weight excluding hydrogens is 321 g/mol. The first-order chi connectivity index (χ1) is 9.65. The van der Waals surface area contributed by atoms with E-state index >= 15 is 0 Å². The number of carbonyl (C=O) groups is 1. The molecule has 130 valence electrons. The fourth-order valence-electron chi connectivity index (χ4n) is 4.64. The van der Waals surface area contributed by atoms with E-state index in [0.717, 1.165) is 6.54 Å². The summed E-state index contributed by atoms with van der Waals surface area (Å²) >= 11 is 0. The zero-order valence-electron chi connectivity index (χ0n) is 13.5. The van der Waals surface area contributed by atoms with E-state index in [1.165, 1.54) is 51.6 Å². The van der Waals surface area contributed by atoms with E-state index in [9.17, 15) is 4.79 Å². The molecule has 6 heteroatoms. The van der Waals surface area contributed by atoms with Gasteiger partial charge in [-0.15, -0.1) is 24.8 Å². The van der Waals surface area contributed by atoms with Crippen molar-refractivity contribution in [2.75, 3.05) is 19.6 Å². The molecule has 1 aliphatic heterocycles. The van der Waals surface area contributed by atoms with E-state index in [1.807, 2.05) is 0 Å². The number of carbonyl (C=O) groups excluding carboxylic acids is 1. The van der Waals surface area contributed by atoms with Crippen LogP contribution < -0.4 is 11.1 Å². The summed E-state index contributed by atoms with van der Waals surface area (Å²) in [4.78, 5) is 15.0. The molecule has 5 unspecified atom stereocenters. The Morgan fingerprint density at radius 1 is 1.18 bits per heavy atom. The number of hydrogen-bond acceptors (Lipinski definition) is 3. The summed E-state index contributed by atoms with van der Waals surface area (Å²) in [7, 11) is 0. The Hall–Kier alpha value is -0.0300. The van der Waals surface area contributed by atoms with Crippen LogP contribution in [0.15, 0.2) is 0 Å². The maximum atomic E-state index is 12.5. The quantitative estimate of drug-likeness (QED) is 0.816. The molecule has 2 bridgehead atoms. The van der Waals surface area contributed by atoms with Gasteiger partial charge in [0.25, 0.3) is 0 Å². The number of fused-ring (bicyclic) bond motifs is 2. The molecule has 0 spiro atoms. The zero-order chi connectivity index (χ0) is 14.1. The van der Waals surface area contributed by atoms with Crippen molar-refractivity contribution >= 4 is 30.7 Å². The third-order valence-corrected chi connectivity index (χ3v) is 5.65. The molecule has 3 rings (SSSR count). The van der Waals surface area contributed by atoms with Gasteiger partial charge in [-0.25, -0.2) is 0 Å². The molecule has 22 heavy (non-hydrogen) atoms. The fraction of sp³-hybridized carbons (Fsp3) is 0.938. The number of piperidine rings is 1. The predicted molar refractivity (Wildman–Crippen MR) is 94.7 cm³/mol. The lowest BCUT2D eigenvalue weighted by Crippen LogP contribution is -2.50. The first-order valence-corrected chi connectivity index (χ1v) is 8.43. The second kappa shape index (κ2) is 8.72. The fourth-order valence-corrected chi connectivity index (χ4v) is 4.64. The topological polar surface area (TPSA) is 58.4 Å². The number of likely N-dealkylation sites (tertiary alicyclic amines) is 1. The summed E-state index contributed by atoms with van der Waals surface area (Å²) in [5, 5.41) is 3.22. The maximum Gasteiger partial charge on any atom is 0.225 e. The van der Waals surface area contributed by atoms with E-state index in [-0.39, 0.29) is 48.7 Å². The van der Waals surface area contributed by atoms with Crippen LogP contribution in [0.1, 0.15) is 45.4 Å². The number of halogens is 2. The first-order valence-electron chi connectivity index (χ1n) is 8.43. The van der Waals surface area contributed by atoms with Gasteiger partial charge >= 0.3 is 0 Å². The Morgan fingerprint density at radius 2 is 1.82 bits per heavy atom. The summed E-state index contributed by atoms with van der Waals surface area (Å²) in [6, 6.07) is 0.350. The second-order valence-electron chi connectivity index (χ2n) is 7.21. The van der Waals surface area contributed by atoms with Crippen LogP contribution in [-0.2, 0) is 4.79 Å². The molecule has 0 aromatic rings. The van der Waals surface area contributed by atoms with Crippen molar-refractivity contribution in [1.29, 1.82) is 0 Å². The van der Waals surface area contributed by atoms with Crippen LogP contribution in [-0.4, -0.2) is 42.5 Å². The van der Waals surface area contributed by atoms with E-state index in [1.54, 1.807) is 0 Å². The molecule has 3 N–H and O–H groups in total. The van der Waals surface area contributed by atoms with Gasteiger partial charge in [0.05, 0.1) is 5.92 Å². The monoisotopic (exact) mass is 351 g/mol. The minimum absolute atomic E-state index is 0. The second-order valence-corrected chi connectivity index (χ2v) is 7.21. The molecule has 1 saturated heterocycles. The van der Waals surface area contributed by atoms with E-state index in [0.29, 0.717) is 11.8 Å². The highest BCUT2D eigenvalue weighted by Gasteiger charge is 2.49. The summed E-state index contributed by atoms with van der Waals surface area (Å²) < 4.78 is 0. The Morgan fingerprint density at radius 3 is 2.41 bits per heavy atom. The zero-order valence-corrected chi connectivity index (χ0v) is 15.1. The molecule has 1 heterocycles. The van der Waals surface area contributed by atoms with Crippen molar-refractivity contribution in [3.8, 4) is 0 Å². The molecule has 2 saturated carbocycles.